The average Bonchev–Trinajstić information content (AvgIpc) is 2.34. The second kappa shape index (κ2) is 6.91. The summed E-state index contributed by atoms with van der Waals surface area (Å²) in [6.45, 7) is 7.34. The van der Waals surface area contributed by atoms with E-state index in [2.05, 4.69) is 10.4 Å². The number of alkyl carbamates (subject to hydrolysis) is 1. The molecule has 0 saturated carbocycles. The summed E-state index contributed by atoms with van der Waals surface area (Å²) in [5, 5.41) is 14.6. The highest BCUT2D eigenvalue weighted by Gasteiger charge is 2.18. The summed E-state index contributed by atoms with van der Waals surface area (Å²) < 4.78 is 5.20. The quantitative estimate of drug-likeness (QED) is 0.584. The van der Waals surface area contributed by atoms with Gasteiger partial charge in [-0.1, -0.05) is 24.3 Å². The third kappa shape index (κ3) is 5.71. The number of hydrogen-bond donors (Lipinski definition) is 3. The lowest BCUT2D eigenvalue weighted by atomic mass is 10.1. The molecule has 20 heavy (non-hydrogen) atoms. The number of rotatable bonds is 4. The Morgan fingerprint density at radius 3 is 2.45 bits per heavy atom. The number of carbonyl (C=O) groups is 1. The third-order valence-electron chi connectivity index (χ3n) is 2.44. The number of nitrogens with one attached hydrogen (secondary N) is 2. The van der Waals surface area contributed by atoms with Gasteiger partial charge in [0.1, 0.15) is 5.60 Å². The molecule has 1 atom stereocenters. The molecule has 1 aromatic carbocycles. The molecule has 0 aliphatic rings. The van der Waals surface area contributed by atoms with E-state index in [0.717, 1.165) is 11.1 Å². The summed E-state index contributed by atoms with van der Waals surface area (Å²) in [5.41, 5.74) is 2.97. The van der Waals surface area contributed by atoms with Crippen molar-refractivity contribution in [1.29, 1.82) is 0 Å². The molecule has 1 amide bonds. The fourth-order valence-electron chi connectivity index (χ4n) is 1.54. The predicted molar refractivity (Wildman–Crippen MR) is 76.7 cm³/mol. The maximum Gasteiger partial charge on any atom is 0.408 e. The molecule has 0 bridgehead atoms. The molecule has 6 heteroatoms. The van der Waals surface area contributed by atoms with Crippen LogP contribution in [0.4, 0.5) is 4.79 Å². The minimum Gasteiger partial charge on any atom is -0.444 e. The van der Waals surface area contributed by atoms with Gasteiger partial charge < -0.3 is 10.1 Å². The molecule has 0 aliphatic heterocycles. The Morgan fingerprint density at radius 1 is 1.35 bits per heavy atom. The first kappa shape index (κ1) is 16.0. The van der Waals surface area contributed by atoms with Gasteiger partial charge >= 0.3 is 6.09 Å². The summed E-state index contributed by atoms with van der Waals surface area (Å²) in [5.74, 6) is 0. The highest BCUT2D eigenvalue weighted by Crippen LogP contribution is 2.14. The number of hydrazone groups is 1. The van der Waals surface area contributed by atoms with E-state index in [9.17, 15) is 4.79 Å². The van der Waals surface area contributed by atoms with Gasteiger partial charge in [0.15, 0.2) is 0 Å². The van der Waals surface area contributed by atoms with Crippen molar-refractivity contribution in [2.45, 2.75) is 39.3 Å². The molecular weight excluding hydrogens is 258 g/mol. The first-order valence-electron chi connectivity index (χ1n) is 6.33. The summed E-state index contributed by atoms with van der Waals surface area (Å²) in [7, 11) is 0. The van der Waals surface area contributed by atoms with Crippen LogP contribution in [0.25, 0.3) is 0 Å². The third-order valence-corrected chi connectivity index (χ3v) is 2.44. The Hall–Kier alpha value is -2.08. The molecule has 110 valence electrons. The monoisotopic (exact) mass is 279 g/mol. The summed E-state index contributed by atoms with van der Waals surface area (Å²) in [6.07, 6.45) is 1.04. The SMILES string of the molecule is C[C@H](NC(=O)OC(C)(C)C)c1ccc(/C=N\NO)cc1. The smallest absolute Gasteiger partial charge is 0.408 e. The highest BCUT2D eigenvalue weighted by atomic mass is 16.6. The summed E-state index contributed by atoms with van der Waals surface area (Å²) >= 11 is 0. The van der Waals surface area contributed by atoms with Crippen molar-refractivity contribution in [3.05, 3.63) is 35.4 Å². The van der Waals surface area contributed by atoms with Crippen LogP contribution in [0.3, 0.4) is 0 Å². The largest absolute Gasteiger partial charge is 0.444 e. The fourth-order valence-corrected chi connectivity index (χ4v) is 1.54. The molecule has 3 N–H and O–H groups in total. The lowest BCUT2D eigenvalue weighted by Crippen LogP contribution is -2.34. The van der Waals surface area contributed by atoms with Crippen LogP contribution in [0.15, 0.2) is 29.4 Å². The molecule has 0 saturated heterocycles. The zero-order chi connectivity index (χ0) is 15.2. The molecule has 0 aromatic heterocycles. The van der Waals surface area contributed by atoms with Crippen LogP contribution in [0.1, 0.15) is 44.9 Å². The van der Waals surface area contributed by atoms with E-state index in [1.165, 1.54) is 6.21 Å². The number of hydrogen-bond acceptors (Lipinski definition) is 5. The second-order valence-corrected chi connectivity index (χ2v) is 5.39. The molecule has 6 nitrogen and oxygen atoms in total. The minimum absolute atomic E-state index is 0.160. The van der Waals surface area contributed by atoms with Crippen LogP contribution >= 0.6 is 0 Å². The maximum absolute atomic E-state index is 11.7. The van der Waals surface area contributed by atoms with E-state index in [4.69, 9.17) is 9.94 Å². The minimum atomic E-state index is -0.512. The first-order chi connectivity index (χ1) is 9.31. The van der Waals surface area contributed by atoms with E-state index >= 15 is 0 Å². The number of carbonyl (C=O) groups excluding carboxylic acids is 1. The maximum atomic E-state index is 11.7. The molecule has 0 spiro atoms. The van der Waals surface area contributed by atoms with Crippen molar-refractivity contribution < 1.29 is 14.7 Å². The van der Waals surface area contributed by atoms with Gasteiger partial charge in [0.05, 0.1) is 12.3 Å². The second-order valence-electron chi connectivity index (χ2n) is 5.39. The van der Waals surface area contributed by atoms with Gasteiger partial charge in [-0.05, 0) is 38.8 Å². The molecule has 0 fully saturated rings. The van der Waals surface area contributed by atoms with Crippen molar-refractivity contribution in [2.24, 2.45) is 5.10 Å². The van der Waals surface area contributed by atoms with Crippen LogP contribution in [-0.4, -0.2) is 23.1 Å². The topological polar surface area (TPSA) is 83.0 Å². The molecule has 1 aromatic rings. The molecule has 1 rings (SSSR count). The fraction of sp³-hybridized carbons (Fsp3) is 0.429. The van der Waals surface area contributed by atoms with Gasteiger partial charge in [-0.3, -0.25) is 5.21 Å². The molecule has 0 aliphatic carbocycles. The van der Waals surface area contributed by atoms with Crippen LogP contribution in [0, 0.1) is 0 Å². The van der Waals surface area contributed by atoms with Crippen molar-refractivity contribution in [2.75, 3.05) is 0 Å². The summed E-state index contributed by atoms with van der Waals surface area (Å²) in [6, 6.07) is 7.26. The number of benzene rings is 1. The van der Waals surface area contributed by atoms with Gasteiger partial charge in [-0.15, -0.1) is 0 Å². The van der Waals surface area contributed by atoms with Crippen LogP contribution in [-0.2, 0) is 4.74 Å². The van der Waals surface area contributed by atoms with E-state index in [-0.39, 0.29) is 6.04 Å². The zero-order valence-electron chi connectivity index (χ0n) is 12.2. The number of nitrogens with zero attached hydrogens (tertiary/aromatic N) is 1. The van der Waals surface area contributed by atoms with Crippen LogP contribution in [0.2, 0.25) is 0 Å². The zero-order valence-corrected chi connectivity index (χ0v) is 12.2. The Kier molecular flexibility index (Phi) is 5.52. The molecular formula is C14H21N3O3. The van der Waals surface area contributed by atoms with E-state index < -0.39 is 11.7 Å². The predicted octanol–water partition coefficient (Wildman–Crippen LogP) is 2.58. The van der Waals surface area contributed by atoms with Crippen LogP contribution < -0.4 is 10.9 Å². The van der Waals surface area contributed by atoms with Gasteiger partial charge in [-0.25, -0.2) is 4.79 Å². The Labute approximate surface area is 118 Å². The standard InChI is InChI=1S/C14H21N3O3/c1-10(16-13(18)20-14(2,3)4)12-7-5-11(6-8-12)9-15-17-19/h5-10,17,19H,1-4H3,(H,16,18)/b15-9-/t10-/m0/s1. The highest BCUT2D eigenvalue weighted by molar-refractivity contribution is 5.79. The van der Waals surface area contributed by atoms with Gasteiger partial charge in [-0.2, -0.15) is 10.7 Å². The molecule has 0 radical (unpaired) electrons. The number of amides is 1. The van der Waals surface area contributed by atoms with Crippen molar-refractivity contribution in [3.63, 3.8) is 0 Å². The average molecular weight is 279 g/mol. The first-order valence-corrected chi connectivity index (χ1v) is 6.33. The van der Waals surface area contributed by atoms with Gasteiger partial charge in [0.25, 0.3) is 0 Å². The van der Waals surface area contributed by atoms with Crippen molar-refractivity contribution in [3.8, 4) is 0 Å². The van der Waals surface area contributed by atoms with E-state index in [0.29, 0.717) is 0 Å². The Balaban J connectivity index is 2.61. The Bertz CT molecular complexity index is 464. The van der Waals surface area contributed by atoms with Crippen LogP contribution in [0.5, 0.6) is 0 Å². The van der Waals surface area contributed by atoms with Crippen molar-refractivity contribution >= 4 is 12.3 Å². The molecule has 0 unspecified atom stereocenters. The normalized spacial score (nSPS) is 13.1. The summed E-state index contributed by atoms with van der Waals surface area (Å²) in [4.78, 5) is 11.7. The van der Waals surface area contributed by atoms with E-state index in [1.54, 1.807) is 5.59 Å². The molecule has 0 heterocycles. The van der Waals surface area contributed by atoms with Gasteiger partial charge in [0, 0.05) is 0 Å². The lowest BCUT2D eigenvalue weighted by molar-refractivity contribution is 0.0508. The van der Waals surface area contributed by atoms with Gasteiger partial charge in [0.2, 0.25) is 0 Å². The number of ether oxygens (including phenoxy) is 1. The van der Waals surface area contributed by atoms with Crippen molar-refractivity contribution in [1.82, 2.24) is 10.9 Å². The van der Waals surface area contributed by atoms with E-state index in [1.807, 2.05) is 52.0 Å². The lowest BCUT2D eigenvalue weighted by Gasteiger charge is -2.22. The Morgan fingerprint density at radius 2 is 1.95 bits per heavy atom.